The number of halogens is 1. The van der Waals surface area contributed by atoms with Gasteiger partial charge in [0.2, 0.25) is 0 Å². The quantitative estimate of drug-likeness (QED) is 0.708. The predicted molar refractivity (Wildman–Crippen MR) is 91.4 cm³/mol. The molecule has 0 N–H and O–H groups in total. The van der Waals surface area contributed by atoms with Crippen molar-refractivity contribution >= 4 is 28.7 Å². The molecule has 0 aliphatic heterocycles. The zero-order valence-corrected chi connectivity index (χ0v) is 13.8. The summed E-state index contributed by atoms with van der Waals surface area (Å²) in [6.07, 6.45) is 5.17. The van der Waals surface area contributed by atoms with Crippen LogP contribution in [0.25, 0.3) is 6.08 Å². The van der Waals surface area contributed by atoms with E-state index >= 15 is 0 Å². The van der Waals surface area contributed by atoms with Crippen molar-refractivity contribution in [3.63, 3.8) is 0 Å². The molecule has 0 radical (unpaired) electrons. The van der Waals surface area contributed by atoms with Gasteiger partial charge in [0.25, 0.3) is 0 Å². The van der Waals surface area contributed by atoms with Crippen molar-refractivity contribution in [3.05, 3.63) is 63.2 Å². The van der Waals surface area contributed by atoms with Gasteiger partial charge in [-0.1, -0.05) is 42.5 Å². The minimum absolute atomic E-state index is 0.771. The predicted octanol–water partition coefficient (Wildman–Crippen LogP) is 4.56. The van der Waals surface area contributed by atoms with Crippen molar-refractivity contribution in [1.29, 1.82) is 0 Å². The average molecular weight is 380 g/mol. The summed E-state index contributed by atoms with van der Waals surface area (Å²) in [7, 11) is 3.32. The molecule has 104 valence electrons. The van der Waals surface area contributed by atoms with Crippen LogP contribution in [-0.4, -0.2) is 14.2 Å². The van der Waals surface area contributed by atoms with Gasteiger partial charge in [-0.05, 0) is 52.3 Å². The number of methoxy groups -OCH3 is 2. The Morgan fingerprint density at radius 2 is 1.65 bits per heavy atom. The van der Waals surface area contributed by atoms with Crippen LogP contribution in [0, 0.1) is 3.57 Å². The van der Waals surface area contributed by atoms with Crippen molar-refractivity contribution < 1.29 is 9.47 Å². The third kappa shape index (κ3) is 3.76. The van der Waals surface area contributed by atoms with Crippen molar-refractivity contribution in [1.82, 2.24) is 0 Å². The second kappa shape index (κ2) is 7.33. The summed E-state index contributed by atoms with van der Waals surface area (Å²) >= 11 is 2.33. The molecule has 2 aromatic carbocycles. The van der Waals surface area contributed by atoms with Gasteiger partial charge in [0.05, 0.1) is 14.2 Å². The Balaban J connectivity index is 2.15. The summed E-state index contributed by atoms with van der Waals surface area (Å²) in [5.41, 5.74) is 2.44. The van der Waals surface area contributed by atoms with E-state index < -0.39 is 0 Å². The van der Waals surface area contributed by atoms with E-state index in [2.05, 4.69) is 46.9 Å². The molecule has 0 aliphatic carbocycles. The molecule has 0 fully saturated rings. The highest BCUT2D eigenvalue weighted by molar-refractivity contribution is 14.1. The third-order valence-corrected chi connectivity index (χ3v) is 4.00. The highest BCUT2D eigenvalue weighted by atomic mass is 127. The molecule has 0 aromatic heterocycles. The van der Waals surface area contributed by atoms with Crippen LogP contribution in [0.3, 0.4) is 0 Å². The Morgan fingerprint density at radius 1 is 1.00 bits per heavy atom. The van der Waals surface area contributed by atoms with Crippen LogP contribution in [0.1, 0.15) is 11.1 Å². The number of hydrogen-bond donors (Lipinski definition) is 0. The van der Waals surface area contributed by atoms with Crippen molar-refractivity contribution in [2.45, 2.75) is 6.42 Å². The standard InChI is InChI=1S/C17H17IO2/c1-19-16-11-14(15(18)12-17(16)20-2)10-6-9-13-7-4-3-5-8-13/h3-9,11-12H,10H2,1-2H3. The van der Waals surface area contributed by atoms with Gasteiger partial charge < -0.3 is 9.47 Å². The van der Waals surface area contributed by atoms with Gasteiger partial charge in [0.1, 0.15) is 0 Å². The molecule has 3 heteroatoms. The molecular weight excluding hydrogens is 363 g/mol. The van der Waals surface area contributed by atoms with Gasteiger partial charge in [-0.2, -0.15) is 0 Å². The summed E-state index contributed by atoms with van der Waals surface area (Å²) in [4.78, 5) is 0. The molecule has 0 bridgehead atoms. The lowest BCUT2D eigenvalue weighted by molar-refractivity contribution is 0.354. The molecule has 2 nitrogen and oxygen atoms in total. The Morgan fingerprint density at radius 3 is 2.30 bits per heavy atom. The lowest BCUT2D eigenvalue weighted by atomic mass is 10.1. The molecule has 0 spiro atoms. The van der Waals surface area contributed by atoms with E-state index in [0.717, 1.165) is 17.9 Å². The fourth-order valence-corrected chi connectivity index (χ4v) is 2.60. The van der Waals surface area contributed by atoms with Gasteiger partial charge in [-0.25, -0.2) is 0 Å². The molecule has 2 aromatic rings. The van der Waals surface area contributed by atoms with Crippen LogP contribution in [0.15, 0.2) is 48.5 Å². The number of ether oxygens (including phenoxy) is 2. The van der Waals surface area contributed by atoms with Crippen molar-refractivity contribution in [3.8, 4) is 11.5 Å². The number of allylic oxidation sites excluding steroid dienone is 1. The highest BCUT2D eigenvalue weighted by Gasteiger charge is 2.08. The van der Waals surface area contributed by atoms with E-state index in [4.69, 9.17) is 9.47 Å². The molecule has 0 saturated heterocycles. The minimum Gasteiger partial charge on any atom is -0.493 e. The molecule has 2 rings (SSSR count). The Labute approximate surface area is 133 Å². The van der Waals surface area contributed by atoms with Crippen LogP contribution >= 0.6 is 22.6 Å². The second-order valence-corrected chi connectivity index (χ2v) is 5.48. The summed E-state index contributed by atoms with van der Waals surface area (Å²) in [5, 5.41) is 0. The maximum absolute atomic E-state index is 5.34. The molecule has 0 heterocycles. The van der Waals surface area contributed by atoms with Crippen molar-refractivity contribution in [2.75, 3.05) is 14.2 Å². The van der Waals surface area contributed by atoms with Gasteiger partial charge >= 0.3 is 0 Å². The molecule has 0 aliphatic rings. The molecule has 20 heavy (non-hydrogen) atoms. The summed E-state index contributed by atoms with van der Waals surface area (Å²) in [5.74, 6) is 1.55. The first-order chi connectivity index (χ1) is 9.74. The molecule has 0 unspecified atom stereocenters. The number of hydrogen-bond acceptors (Lipinski definition) is 2. The van der Waals surface area contributed by atoms with Gasteiger partial charge in [-0.3, -0.25) is 0 Å². The van der Waals surface area contributed by atoms with Crippen LogP contribution in [0.4, 0.5) is 0 Å². The van der Waals surface area contributed by atoms with Crippen LogP contribution in [-0.2, 0) is 6.42 Å². The first-order valence-corrected chi connectivity index (χ1v) is 7.44. The molecular formula is C17H17IO2. The zero-order chi connectivity index (χ0) is 14.4. The van der Waals surface area contributed by atoms with Crippen LogP contribution in [0.5, 0.6) is 11.5 Å². The first-order valence-electron chi connectivity index (χ1n) is 6.36. The molecule has 0 atom stereocenters. The summed E-state index contributed by atoms with van der Waals surface area (Å²) < 4.78 is 11.8. The molecule has 0 saturated carbocycles. The van der Waals surface area contributed by atoms with E-state index in [0.29, 0.717) is 0 Å². The van der Waals surface area contributed by atoms with Gasteiger partial charge in [0.15, 0.2) is 11.5 Å². The van der Waals surface area contributed by atoms with E-state index in [1.165, 1.54) is 14.7 Å². The third-order valence-electron chi connectivity index (χ3n) is 3.00. The smallest absolute Gasteiger partial charge is 0.161 e. The fraction of sp³-hybridized carbons (Fsp3) is 0.176. The SMILES string of the molecule is COc1cc(I)c(CC=Cc2ccccc2)cc1OC. The van der Waals surface area contributed by atoms with Crippen molar-refractivity contribution in [2.24, 2.45) is 0 Å². The van der Waals surface area contributed by atoms with Gasteiger partial charge in [0, 0.05) is 3.57 Å². The summed E-state index contributed by atoms with van der Waals surface area (Å²) in [6, 6.07) is 14.3. The lowest BCUT2D eigenvalue weighted by Gasteiger charge is -2.10. The lowest BCUT2D eigenvalue weighted by Crippen LogP contribution is -1.95. The topological polar surface area (TPSA) is 18.5 Å². The first kappa shape index (κ1) is 14.9. The molecule has 0 amide bonds. The Bertz CT molecular complexity index is 591. The largest absolute Gasteiger partial charge is 0.493 e. The Kier molecular flexibility index (Phi) is 5.47. The normalized spacial score (nSPS) is 10.8. The van der Waals surface area contributed by atoms with Gasteiger partial charge in [-0.15, -0.1) is 0 Å². The van der Waals surface area contributed by atoms with E-state index in [-0.39, 0.29) is 0 Å². The van der Waals surface area contributed by atoms with E-state index in [1.807, 2.05) is 30.3 Å². The monoisotopic (exact) mass is 380 g/mol. The Hall–Kier alpha value is -1.49. The average Bonchev–Trinajstić information content (AvgIpc) is 2.49. The fourth-order valence-electron chi connectivity index (χ4n) is 1.94. The maximum Gasteiger partial charge on any atom is 0.161 e. The van der Waals surface area contributed by atoms with Crippen LogP contribution in [0.2, 0.25) is 0 Å². The number of rotatable bonds is 5. The van der Waals surface area contributed by atoms with E-state index in [1.54, 1.807) is 14.2 Å². The maximum atomic E-state index is 5.34. The number of benzene rings is 2. The second-order valence-electron chi connectivity index (χ2n) is 4.32. The minimum atomic E-state index is 0.771. The van der Waals surface area contributed by atoms with Crippen LogP contribution < -0.4 is 9.47 Å². The van der Waals surface area contributed by atoms with E-state index in [9.17, 15) is 0 Å². The summed E-state index contributed by atoms with van der Waals surface area (Å²) in [6.45, 7) is 0. The highest BCUT2D eigenvalue weighted by Crippen LogP contribution is 2.31. The zero-order valence-electron chi connectivity index (χ0n) is 11.6.